The maximum Gasteiger partial charge on any atom is 0.269 e. The summed E-state index contributed by atoms with van der Waals surface area (Å²) >= 11 is 0. The van der Waals surface area contributed by atoms with Crippen molar-refractivity contribution in [1.29, 1.82) is 0 Å². The number of carbonyl (C=O) groups excluding carboxylic acids is 1. The molecule has 0 unspecified atom stereocenters. The second-order valence-electron chi connectivity index (χ2n) is 4.38. The minimum Gasteiger partial charge on any atom is -0.507 e. The number of aromatic hydroxyl groups is 2. The molecule has 0 aliphatic rings. The molecule has 0 fully saturated rings. The monoisotopic (exact) mass is 288 g/mol. The van der Waals surface area contributed by atoms with E-state index in [1.165, 1.54) is 36.4 Å². The summed E-state index contributed by atoms with van der Waals surface area (Å²) in [4.78, 5) is 22.2. The predicted octanol–water partition coefficient (Wildman–Crippen LogP) is 2.57. The first kappa shape index (κ1) is 14.3. The maximum absolute atomic E-state index is 12.1. The number of phenolic OH excluding ortho intramolecular Hbond substituents is 2. The van der Waals surface area contributed by atoms with Crippen LogP contribution in [0.2, 0.25) is 0 Å². The van der Waals surface area contributed by atoms with E-state index in [9.17, 15) is 25.1 Å². The number of hydrogen-bond acceptors (Lipinski definition) is 5. The van der Waals surface area contributed by atoms with Crippen molar-refractivity contribution in [1.82, 2.24) is 0 Å². The number of hydrogen-bond donors (Lipinski definition) is 3. The van der Waals surface area contributed by atoms with Gasteiger partial charge in [0, 0.05) is 17.8 Å². The molecule has 0 aliphatic carbocycles. The Morgan fingerprint density at radius 3 is 2.33 bits per heavy atom. The van der Waals surface area contributed by atoms with Crippen LogP contribution in [0.1, 0.15) is 15.9 Å². The van der Waals surface area contributed by atoms with Crippen molar-refractivity contribution in [3.8, 4) is 11.5 Å². The van der Waals surface area contributed by atoms with Gasteiger partial charge in [0.15, 0.2) is 0 Å². The molecule has 0 heterocycles. The van der Waals surface area contributed by atoms with E-state index < -0.39 is 10.8 Å². The van der Waals surface area contributed by atoms with Gasteiger partial charge in [-0.2, -0.15) is 0 Å². The number of non-ortho nitro benzene ring substituents is 1. The van der Waals surface area contributed by atoms with Gasteiger partial charge >= 0.3 is 0 Å². The molecule has 0 aromatic heterocycles. The lowest BCUT2D eigenvalue weighted by atomic mass is 10.1. The number of nitrogens with zero attached hydrogens (tertiary/aromatic N) is 1. The summed E-state index contributed by atoms with van der Waals surface area (Å²) in [5.41, 5.74) is 0.506. The van der Waals surface area contributed by atoms with Gasteiger partial charge in [0.1, 0.15) is 17.1 Å². The van der Waals surface area contributed by atoms with Gasteiger partial charge in [0.05, 0.1) is 4.92 Å². The molecule has 7 nitrogen and oxygen atoms in total. The third-order valence-electron chi connectivity index (χ3n) is 2.92. The van der Waals surface area contributed by atoms with Crippen molar-refractivity contribution >= 4 is 17.3 Å². The first-order valence-corrected chi connectivity index (χ1v) is 5.97. The zero-order chi connectivity index (χ0) is 15.6. The lowest BCUT2D eigenvalue weighted by Crippen LogP contribution is -2.13. The third-order valence-corrected chi connectivity index (χ3v) is 2.92. The number of phenols is 2. The standard InChI is InChI=1S/C14H12N2O5/c1-8-7-9(16(20)21)5-6-10(8)15-14(19)13-11(17)3-2-4-12(13)18/h2-7,17-18H,1H3,(H,15,19). The Morgan fingerprint density at radius 1 is 1.19 bits per heavy atom. The Balaban J connectivity index is 2.30. The lowest BCUT2D eigenvalue weighted by Gasteiger charge is -2.10. The summed E-state index contributed by atoms with van der Waals surface area (Å²) in [7, 11) is 0. The Kier molecular flexibility index (Phi) is 3.75. The van der Waals surface area contributed by atoms with Gasteiger partial charge in [-0.15, -0.1) is 0 Å². The lowest BCUT2D eigenvalue weighted by molar-refractivity contribution is -0.384. The number of nitrogens with one attached hydrogen (secondary N) is 1. The molecular weight excluding hydrogens is 276 g/mol. The number of amides is 1. The summed E-state index contributed by atoms with van der Waals surface area (Å²) < 4.78 is 0. The molecule has 2 aromatic carbocycles. The topological polar surface area (TPSA) is 113 Å². The van der Waals surface area contributed by atoms with E-state index >= 15 is 0 Å². The van der Waals surface area contributed by atoms with Crippen LogP contribution in [0, 0.1) is 17.0 Å². The first-order chi connectivity index (χ1) is 9.90. The number of carbonyl (C=O) groups is 1. The fourth-order valence-corrected chi connectivity index (χ4v) is 1.85. The molecule has 0 spiro atoms. The van der Waals surface area contributed by atoms with Crippen molar-refractivity contribution in [2.45, 2.75) is 6.92 Å². The van der Waals surface area contributed by atoms with Crippen molar-refractivity contribution in [3.63, 3.8) is 0 Å². The van der Waals surface area contributed by atoms with Crippen LogP contribution in [-0.4, -0.2) is 21.0 Å². The zero-order valence-corrected chi connectivity index (χ0v) is 11.0. The van der Waals surface area contributed by atoms with Crippen LogP contribution in [0.4, 0.5) is 11.4 Å². The Labute approximate surface area is 119 Å². The maximum atomic E-state index is 12.1. The second-order valence-corrected chi connectivity index (χ2v) is 4.38. The molecule has 3 N–H and O–H groups in total. The fraction of sp³-hybridized carbons (Fsp3) is 0.0714. The highest BCUT2D eigenvalue weighted by atomic mass is 16.6. The highest BCUT2D eigenvalue weighted by Crippen LogP contribution is 2.28. The minimum atomic E-state index is -0.706. The molecule has 2 rings (SSSR count). The summed E-state index contributed by atoms with van der Waals surface area (Å²) in [6, 6.07) is 7.92. The fourth-order valence-electron chi connectivity index (χ4n) is 1.85. The highest BCUT2D eigenvalue weighted by Gasteiger charge is 2.17. The van der Waals surface area contributed by atoms with E-state index in [0.717, 1.165) is 0 Å². The molecule has 0 saturated heterocycles. The van der Waals surface area contributed by atoms with Gasteiger partial charge in [-0.25, -0.2) is 0 Å². The predicted molar refractivity (Wildman–Crippen MR) is 75.6 cm³/mol. The summed E-state index contributed by atoms with van der Waals surface area (Å²) in [6.07, 6.45) is 0. The molecule has 0 saturated carbocycles. The Bertz CT molecular complexity index is 707. The van der Waals surface area contributed by atoms with E-state index in [1.807, 2.05) is 0 Å². The van der Waals surface area contributed by atoms with E-state index in [2.05, 4.69) is 5.32 Å². The Morgan fingerprint density at radius 2 is 1.81 bits per heavy atom. The van der Waals surface area contributed by atoms with E-state index in [1.54, 1.807) is 6.92 Å². The normalized spacial score (nSPS) is 10.1. The molecule has 7 heteroatoms. The van der Waals surface area contributed by atoms with Crippen LogP contribution < -0.4 is 5.32 Å². The molecule has 2 aromatic rings. The average molecular weight is 288 g/mol. The molecule has 0 radical (unpaired) electrons. The van der Waals surface area contributed by atoms with Crippen molar-refractivity contribution in [3.05, 3.63) is 57.6 Å². The first-order valence-electron chi connectivity index (χ1n) is 5.97. The second kappa shape index (κ2) is 5.49. The number of anilines is 1. The number of benzene rings is 2. The quantitative estimate of drug-likeness (QED) is 0.593. The largest absolute Gasteiger partial charge is 0.507 e. The van der Waals surface area contributed by atoms with E-state index in [-0.39, 0.29) is 22.7 Å². The van der Waals surface area contributed by atoms with Gasteiger partial charge in [-0.1, -0.05) is 6.07 Å². The highest BCUT2D eigenvalue weighted by molar-refractivity contribution is 6.08. The van der Waals surface area contributed by atoms with Crippen LogP contribution in [0.3, 0.4) is 0 Å². The van der Waals surface area contributed by atoms with Crippen LogP contribution >= 0.6 is 0 Å². The van der Waals surface area contributed by atoms with E-state index in [0.29, 0.717) is 11.3 Å². The smallest absolute Gasteiger partial charge is 0.269 e. The SMILES string of the molecule is Cc1cc([N+](=O)[O-])ccc1NC(=O)c1c(O)cccc1O. The average Bonchev–Trinajstić information content (AvgIpc) is 2.40. The van der Waals surface area contributed by atoms with Gasteiger partial charge < -0.3 is 15.5 Å². The molecule has 1 amide bonds. The Hall–Kier alpha value is -3.09. The molecule has 0 aliphatic heterocycles. The summed E-state index contributed by atoms with van der Waals surface area (Å²) in [5.74, 6) is -1.42. The van der Waals surface area contributed by atoms with Crippen molar-refractivity contribution < 1.29 is 19.9 Å². The molecule has 0 atom stereocenters. The van der Waals surface area contributed by atoms with Gasteiger partial charge in [-0.3, -0.25) is 14.9 Å². The van der Waals surface area contributed by atoms with Crippen LogP contribution in [0.25, 0.3) is 0 Å². The number of rotatable bonds is 3. The van der Waals surface area contributed by atoms with Crippen molar-refractivity contribution in [2.24, 2.45) is 0 Å². The summed E-state index contributed by atoms with van der Waals surface area (Å²) in [5, 5.41) is 32.4. The minimum absolute atomic E-state index is 0.0871. The molecule has 21 heavy (non-hydrogen) atoms. The van der Waals surface area contributed by atoms with Crippen molar-refractivity contribution in [2.75, 3.05) is 5.32 Å². The zero-order valence-electron chi connectivity index (χ0n) is 11.0. The third kappa shape index (κ3) is 2.92. The number of nitro groups is 1. The molecule has 0 bridgehead atoms. The van der Waals surface area contributed by atoms with Crippen LogP contribution in [0.5, 0.6) is 11.5 Å². The van der Waals surface area contributed by atoms with Crippen LogP contribution in [0.15, 0.2) is 36.4 Å². The van der Waals surface area contributed by atoms with E-state index in [4.69, 9.17) is 0 Å². The molecule has 108 valence electrons. The summed E-state index contributed by atoms with van der Waals surface area (Å²) in [6.45, 7) is 1.60. The molecular formula is C14H12N2O5. The van der Waals surface area contributed by atoms with Gasteiger partial charge in [0.25, 0.3) is 11.6 Å². The van der Waals surface area contributed by atoms with Gasteiger partial charge in [0.2, 0.25) is 0 Å². The number of aryl methyl sites for hydroxylation is 1. The van der Waals surface area contributed by atoms with Crippen LogP contribution in [-0.2, 0) is 0 Å². The van der Waals surface area contributed by atoms with Gasteiger partial charge in [-0.05, 0) is 30.7 Å². The number of nitro benzene ring substituents is 1.